The predicted octanol–water partition coefficient (Wildman–Crippen LogP) is 2.29. The molecule has 132 valence electrons. The average molecular weight is 332 g/mol. The van der Waals surface area contributed by atoms with Gasteiger partial charge in [0.25, 0.3) is 5.91 Å². The van der Waals surface area contributed by atoms with E-state index in [0.29, 0.717) is 23.8 Å². The molecule has 1 heterocycles. The summed E-state index contributed by atoms with van der Waals surface area (Å²) < 4.78 is 0. The number of amides is 3. The first kappa shape index (κ1) is 18.3. The first-order valence-corrected chi connectivity index (χ1v) is 8.60. The summed E-state index contributed by atoms with van der Waals surface area (Å²) in [5.74, 6) is 0.665. The van der Waals surface area contributed by atoms with Gasteiger partial charge in [-0.1, -0.05) is 6.92 Å². The molecule has 1 aromatic carbocycles. The first-order chi connectivity index (χ1) is 11.5. The fourth-order valence-electron chi connectivity index (χ4n) is 2.86. The molecule has 0 saturated carbocycles. The van der Waals surface area contributed by atoms with Crippen molar-refractivity contribution in [1.82, 2.24) is 15.5 Å². The number of piperidine rings is 1. The Labute approximate surface area is 144 Å². The molecular weight excluding hydrogens is 304 g/mol. The maximum atomic E-state index is 12.0. The Kier molecular flexibility index (Phi) is 6.61. The number of anilines is 1. The lowest BCUT2D eigenvalue weighted by Crippen LogP contribution is -2.46. The zero-order chi connectivity index (χ0) is 17.5. The van der Waals surface area contributed by atoms with E-state index in [2.05, 4.69) is 34.7 Å². The fraction of sp³-hybridized carbons (Fsp3) is 0.556. The zero-order valence-electron chi connectivity index (χ0n) is 14.8. The Bertz CT molecular complexity index is 551. The lowest BCUT2D eigenvalue weighted by Gasteiger charge is -2.34. The largest absolute Gasteiger partial charge is 0.355 e. The third-order valence-corrected chi connectivity index (χ3v) is 4.63. The van der Waals surface area contributed by atoms with Crippen LogP contribution in [0.4, 0.5) is 10.5 Å². The number of rotatable bonds is 5. The van der Waals surface area contributed by atoms with Crippen molar-refractivity contribution in [2.75, 3.05) is 32.0 Å². The van der Waals surface area contributed by atoms with Crippen LogP contribution in [0.15, 0.2) is 24.3 Å². The summed E-state index contributed by atoms with van der Waals surface area (Å²) in [6.45, 7) is 7.27. The summed E-state index contributed by atoms with van der Waals surface area (Å²) in [7, 11) is 1.59. The minimum Gasteiger partial charge on any atom is -0.355 e. The average Bonchev–Trinajstić information content (AvgIpc) is 2.60. The third-order valence-electron chi connectivity index (χ3n) is 4.63. The van der Waals surface area contributed by atoms with Crippen LogP contribution < -0.4 is 16.0 Å². The highest BCUT2D eigenvalue weighted by molar-refractivity contribution is 5.95. The number of likely N-dealkylation sites (tertiary alicyclic amines) is 1. The summed E-state index contributed by atoms with van der Waals surface area (Å²) in [4.78, 5) is 25.9. The van der Waals surface area contributed by atoms with E-state index in [1.807, 2.05) is 0 Å². The lowest BCUT2D eigenvalue weighted by molar-refractivity contribution is 0.0963. The number of carbonyl (C=O) groups is 2. The van der Waals surface area contributed by atoms with Gasteiger partial charge in [-0.25, -0.2) is 4.79 Å². The van der Waals surface area contributed by atoms with Gasteiger partial charge in [-0.3, -0.25) is 9.69 Å². The van der Waals surface area contributed by atoms with Gasteiger partial charge < -0.3 is 16.0 Å². The Balaban J connectivity index is 1.75. The maximum absolute atomic E-state index is 12.0. The van der Waals surface area contributed by atoms with Gasteiger partial charge in [0, 0.05) is 30.9 Å². The summed E-state index contributed by atoms with van der Waals surface area (Å²) >= 11 is 0. The Hall–Kier alpha value is -2.08. The quantitative estimate of drug-likeness (QED) is 0.774. The van der Waals surface area contributed by atoms with Gasteiger partial charge in [-0.05, 0) is 63.0 Å². The lowest BCUT2D eigenvalue weighted by atomic mass is 9.98. The topological polar surface area (TPSA) is 73.5 Å². The molecule has 24 heavy (non-hydrogen) atoms. The van der Waals surface area contributed by atoms with Gasteiger partial charge in [0.15, 0.2) is 0 Å². The van der Waals surface area contributed by atoms with Gasteiger partial charge in [0.1, 0.15) is 0 Å². The van der Waals surface area contributed by atoms with Crippen molar-refractivity contribution in [2.24, 2.45) is 5.92 Å². The number of urea groups is 1. The molecule has 0 aromatic heterocycles. The molecule has 3 amide bonds. The van der Waals surface area contributed by atoms with Crippen molar-refractivity contribution in [2.45, 2.75) is 32.7 Å². The maximum Gasteiger partial charge on any atom is 0.319 e. The molecule has 1 unspecified atom stereocenters. The molecule has 2 rings (SSSR count). The molecule has 1 aliphatic heterocycles. The van der Waals surface area contributed by atoms with Crippen molar-refractivity contribution in [3.8, 4) is 0 Å². The Morgan fingerprint density at radius 2 is 1.83 bits per heavy atom. The second-order valence-corrected chi connectivity index (χ2v) is 6.56. The predicted molar refractivity (Wildman–Crippen MR) is 96.3 cm³/mol. The summed E-state index contributed by atoms with van der Waals surface area (Å²) in [6.07, 6.45) is 2.46. The highest BCUT2D eigenvalue weighted by Crippen LogP contribution is 2.17. The molecule has 3 N–H and O–H groups in total. The van der Waals surface area contributed by atoms with Crippen LogP contribution in [0.3, 0.4) is 0 Å². The van der Waals surface area contributed by atoms with E-state index in [1.165, 1.54) is 12.8 Å². The highest BCUT2D eigenvalue weighted by Gasteiger charge is 2.20. The molecule has 0 bridgehead atoms. The van der Waals surface area contributed by atoms with E-state index in [-0.39, 0.29) is 11.9 Å². The number of hydrogen-bond donors (Lipinski definition) is 3. The van der Waals surface area contributed by atoms with Crippen LogP contribution >= 0.6 is 0 Å². The van der Waals surface area contributed by atoms with Gasteiger partial charge in [0.05, 0.1) is 0 Å². The molecule has 1 saturated heterocycles. The molecule has 6 heteroatoms. The van der Waals surface area contributed by atoms with Crippen LogP contribution in [0, 0.1) is 5.92 Å². The van der Waals surface area contributed by atoms with E-state index in [4.69, 9.17) is 0 Å². The number of nitrogens with zero attached hydrogens (tertiary/aromatic N) is 1. The number of hydrogen-bond acceptors (Lipinski definition) is 3. The fourth-order valence-corrected chi connectivity index (χ4v) is 2.86. The second-order valence-electron chi connectivity index (χ2n) is 6.56. The molecule has 1 aromatic rings. The van der Waals surface area contributed by atoms with Gasteiger partial charge in [-0.2, -0.15) is 0 Å². The number of benzene rings is 1. The zero-order valence-corrected chi connectivity index (χ0v) is 14.8. The van der Waals surface area contributed by atoms with Crippen LogP contribution in [0.1, 0.15) is 37.0 Å². The van der Waals surface area contributed by atoms with Gasteiger partial charge >= 0.3 is 6.03 Å². The molecule has 1 aliphatic rings. The van der Waals surface area contributed by atoms with Gasteiger partial charge in [0.2, 0.25) is 0 Å². The van der Waals surface area contributed by atoms with Crippen LogP contribution in [-0.4, -0.2) is 49.6 Å². The van der Waals surface area contributed by atoms with Crippen LogP contribution in [-0.2, 0) is 0 Å². The molecule has 0 aliphatic carbocycles. The van der Waals surface area contributed by atoms with E-state index < -0.39 is 0 Å². The summed E-state index contributed by atoms with van der Waals surface area (Å²) in [6, 6.07) is 6.93. The molecule has 1 fully saturated rings. The monoisotopic (exact) mass is 332 g/mol. The summed E-state index contributed by atoms with van der Waals surface area (Å²) in [5.41, 5.74) is 1.23. The van der Waals surface area contributed by atoms with Crippen molar-refractivity contribution in [1.29, 1.82) is 0 Å². The van der Waals surface area contributed by atoms with E-state index in [0.717, 1.165) is 19.0 Å². The Morgan fingerprint density at radius 1 is 1.21 bits per heavy atom. The van der Waals surface area contributed by atoms with Crippen LogP contribution in [0.2, 0.25) is 0 Å². The van der Waals surface area contributed by atoms with Crippen molar-refractivity contribution in [3.63, 3.8) is 0 Å². The standard InChI is InChI=1S/C18H28N4O2/c1-13-8-10-22(11-9-13)14(2)12-20-18(24)21-16-6-4-15(5-7-16)17(23)19-3/h4-7,13-14H,8-12H2,1-3H3,(H,19,23)(H2,20,21,24). The van der Waals surface area contributed by atoms with Crippen molar-refractivity contribution >= 4 is 17.6 Å². The van der Waals surface area contributed by atoms with Crippen LogP contribution in [0.25, 0.3) is 0 Å². The minimum atomic E-state index is -0.222. The molecule has 6 nitrogen and oxygen atoms in total. The van der Waals surface area contributed by atoms with Gasteiger partial charge in [-0.15, -0.1) is 0 Å². The van der Waals surface area contributed by atoms with E-state index in [1.54, 1.807) is 31.3 Å². The first-order valence-electron chi connectivity index (χ1n) is 8.60. The minimum absolute atomic E-state index is 0.143. The second kappa shape index (κ2) is 8.68. The molecular formula is C18H28N4O2. The molecule has 1 atom stereocenters. The smallest absolute Gasteiger partial charge is 0.319 e. The third kappa shape index (κ3) is 5.23. The number of carbonyl (C=O) groups excluding carboxylic acids is 2. The number of nitrogens with one attached hydrogen (secondary N) is 3. The van der Waals surface area contributed by atoms with E-state index in [9.17, 15) is 9.59 Å². The summed E-state index contributed by atoms with van der Waals surface area (Å²) in [5, 5.41) is 8.27. The molecule has 0 spiro atoms. The SMILES string of the molecule is CNC(=O)c1ccc(NC(=O)NCC(C)N2CCC(C)CC2)cc1. The van der Waals surface area contributed by atoms with E-state index >= 15 is 0 Å². The molecule has 0 radical (unpaired) electrons. The van der Waals surface area contributed by atoms with Crippen LogP contribution in [0.5, 0.6) is 0 Å². The van der Waals surface area contributed by atoms with Crippen molar-refractivity contribution in [3.05, 3.63) is 29.8 Å². The Morgan fingerprint density at radius 3 is 2.42 bits per heavy atom. The highest BCUT2D eigenvalue weighted by atomic mass is 16.2. The van der Waals surface area contributed by atoms with Crippen molar-refractivity contribution < 1.29 is 9.59 Å². The normalized spacial score (nSPS) is 17.1.